The second-order valence-electron chi connectivity index (χ2n) is 3.57. The lowest BCUT2D eigenvalue weighted by molar-refractivity contribution is -0.141. The molecule has 0 aromatic heterocycles. The maximum absolute atomic E-state index is 11.1. The van der Waals surface area contributed by atoms with Crippen LogP contribution in [0, 0.1) is 0 Å². The van der Waals surface area contributed by atoms with Crippen molar-refractivity contribution in [1.82, 2.24) is 5.32 Å². The van der Waals surface area contributed by atoms with Crippen LogP contribution < -0.4 is 5.32 Å². The summed E-state index contributed by atoms with van der Waals surface area (Å²) in [6.45, 7) is -0.0295. The number of phenolic OH excluding ortho intramolecular Hbond substituents is 1. The van der Waals surface area contributed by atoms with E-state index in [1.807, 2.05) is 0 Å². The topological polar surface area (TPSA) is 107 Å². The number of rotatable bonds is 6. The molecule has 0 aliphatic rings. The summed E-state index contributed by atoms with van der Waals surface area (Å²) in [5, 5.41) is 29.9. The highest BCUT2D eigenvalue weighted by atomic mass is 35.5. The molecule has 0 amide bonds. The number of aliphatic carboxylic acids is 2. The summed E-state index contributed by atoms with van der Waals surface area (Å²) in [5.41, 5.74) is 0.0976. The highest BCUT2D eigenvalue weighted by molar-refractivity contribution is 6.30. The van der Waals surface area contributed by atoms with E-state index in [2.05, 4.69) is 5.32 Å². The molecule has 0 saturated heterocycles. The summed E-state index contributed by atoms with van der Waals surface area (Å²) < 4.78 is 0. The molecule has 98 valence electrons. The number of nitrogens with one attached hydrogen (secondary N) is 1. The van der Waals surface area contributed by atoms with E-state index in [9.17, 15) is 14.7 Å². The molecule has 4 N–H and O–H groups in total. The Hall–Kier alpha value is -1.79. The largest absolute Gasteiger partial charge is 0.508 e. The van der Waals surface area contributed by atoms with E-state index in [4.69, 9.17) is 21.8 Å². The first-order valence-electron chi connectivity index (χ1n) is 5.08. The van der Waals surface area contributed by atoms with E-state index >= 15 is 0 Å². The fourth-order valence-corrected chi connectivity index (χ4v) is 1.59. The SMILES string of the molecule is O=C(O)CCNC(C(=O)O)c1cc(Cl)ccc1O. The predicted molar refractivity (Wildman–Crippen MR) is 63.7 cm³/mol. The first-order valence-corrected chi connectivity index (χ1v) is 5.46. The van der Waals surface area contributed by atoms with Gasteiger partial charge < -0.3 is 20.6 Å². The van der Waals surface area contributed by atoms with E-state index in [1.54, 1.807) is 0 Å². The number of aromatic hydroxyl groups is 1. The van der Waals surface area contributed by atoms with Gasteiger partial charge in [-0.25, -0.2) is 0 Å². The van der Waals surface area contributed by atoms with Gasteiger partial charge in [0.2, 0.25) is 0 Å². The summed E-state index contributed by atoms with van der Waals surface area (Å²) >= 11 is 5.72. The molecule has 1 aromatic carbocycles. The van der Waals surface area contributed by atoms with Gasteiger partial charge in [-0.2, -0.15) is 0 Å². The highest BCUT2D eigenvalue weighted by Gasteiger charge is 2.22. The Balaban J connectivity index is 2.87. The number of carboxylic acid groups (broad SMARTS) is 2. The van der Waals surface area contributed by atoms with Crippen LogP contribution in [0.3, 0.4) is 0 Å². The molecule has 0 heterocycles. The van der Waals surface area contributed by atoms with Crippen LogP contribution >= 0.6 is 11.6 Å². The minimum Gasteiger partial charge on any atom is -0.508 e. The van der Waals surface area contributed by atoms with Crippen LogP contribution in [-0.2, 0) is 9.59 Å². The van der Waals surface area contributed by atoms with Crippen LogP contribution in [0.4, 0.5) is 0 Å². The average Bonchev–Trinajstić information content (AvgIpc) is 2.27. The van der Waals surface area contributed by atoms with Gasteiger partial charge in [-0.1, -0.05) is 11.6 Å². The maximum Gasteiger partial charge on any atom is 0.325 e. The molecule has 1 rings (SSSR count). The van der Waals surface area contributed by atoms with Gasteiger partial charge in [0, 0.05) is 17.1 Å². The minimum absolute atomic E-state index is 0.0295. The Labute approximate surface area is 108 Å². The molecule has 6 nitrogen and oxygen atoms in total. The lowest BCUT2D eigenvalue weighted by Crippen LogP contribution is -2.30. The van der Waals surface area contributed by atoms with E-state index in [-0.39, 0.29) is 29.3 Å². The van der Waals surface area contributed by atoms with Crippen molar-refractivity contribution in [2.24, 2.45) is 0 Å². The van der Waals surface area contributed by atoms with Gasteiger partial charge in [0.15, 0.2) is 0 Å². The number of halogens is 1. The monoisotopic (exact) mass is 273 g/mol. The molecule has 0 spiro atoms. The van der Waals surface area contributed by atoms with Gasteiger partial charge in [-0.15, -0.1) is 0 Å². The highest BCUT2D eigenvalue weighted by Crippen LogP contribution is 2.27. The van der Waals surface area contributed by atoms with Gasteiger partial charge in [-0.3, -0.25) is 9.59 Å². The molecule has 7 heteroatoms. The van der Waals surface area contributed by atoms with E-state index in [0.717, 1.165) is 0 Å². The smallest absolute Gasteiger partial charge is 0.325 e. The van der Waals surface area contributed by atoms with Gasteiger partial charge in [0.05, 0.1) is 6.42 Å². The molecule has 1 aromatic rings. The number of phenols is 1. The number of benzene rings is 1. The molecular weight excluding hydrogens is 262 g/mol. The number of carboxylic acids is 2. The lowest BCUT2D eigenvalue weighted by Gasteiger charge is -2.15. The van der Waals surface area contributed by atoms with Crippen molar-refractivity contribution in [2.75, 3.05) is 6.54 Å². The van der Waals surface area contributed by atoms with Gasteiger partial charge in [-0.05, 0) is 18.2 Å². The number of hydrogen-bond acceptors (Lipinski definition) is 4. The van der Waals surface area contributed by atoms with Crippen molar-refractivity contribution in [1.29, 1.82) is 0 Å². The molecular formula is C11H12ClNO5. The number of carbonyl (C=O) groups is 2. The molecule has 0 saturated carbocycles. The summed E-state index contributed by atoms with van der Waals surface area (Å²) in [4.78, 5) is 21.4. The summed E-state index contributed by atoms with van der Waals surface area (Å²) in [6.07, 6.45) is -0.217. The summed E-state index contributed by atoms with van der Waals surface area (Å²) in [5.74, 6) is -2.48. The Morgan fingerprint density at radius 2 is 2.00 bits per heavy atom. The number of hydrogen-bond donors (Lipinski definition) is 4. The van der Waals surface area contributed by atoms with Crippen molar-refractivity contribution in [3.63, 3.8) is 0 Å². The van der Waals surface area contributed by atoms with Crippen molar-refractivity contribution < 1.29 is 24.9 Å². The molecule has 1 unspecified atom stereocenters. The third kappa shape index (κ3) is 3.90. The first kappa shape index (κ1) is 14.3. The van der Waals surface area contributed by atoms with Crippen LogP contribution in [0.2, 0.25) is 5.02 Å². The molecule has 18 heavy (non-hydrogen) atoms. The molecule has 0 aliphatic carbocycles. The normalized spacial score (nSPS) is 12.1. The Kier molecular flexibility index (Phi) is 4.94. The first-order chi connectivity index (χ1) is 8.41. The maximum atomic E-state index is 11.1. The summed E-state index contributed by atoms with van der Waals surface area (Å²) in [6, 6.07) is 2.83. The zero-order valence-corrected chi connectivity index (χ0v) is 10.0. The van der Waals surface area contributed by atoms with Crippen molar-refractivity contribution in [3.05, 3.63) is 28.8 Å². The van der Waals surface area contributed by atoms with Crippen LogP contribution in [-0.4, -0.2) is 33.8 Å². The van der Waals surface area contributed by atoms with Crippen LogP contribution in [0.1, 0.15) is 18.0 Å². The quantitative estimate of drug-likeness (QED) is 0.621. The van der Waals surface area contributed by atoms with E-state index in [1.165, 1.54) is 18.2 Å². The Morgan fingerprint density at radius 1 is 1.33 bits per heavy atom. The van der Waals surface area contributed by atoms with E-state index < -0.39 is 18.0 Å². The van der Waals surface area contributed by atoms with Gasteiger partial charge in [0.25, 0.3) is 0 Å². The van der Waals surface area contributed by atoms with Gasteiger partial charge >= 0.3 is 11.9 Å². The average molecular weight is 274 g/mol. The second kappa shape index (κ2) is 6.23. The van der Waals surface area contributed by atoms with Crippen molar-refractivity contribution >= 4 is 23.5 Å². The molecule has 0 fully saturated rings. The third-order valence-corrected chi connectivity index (χ3v) is 2.47. The van der Waals surface area contributed by atoms with Crippen LogP contribution in [0.25, 0.3) is 0 Å². The Morgan fingerprint density at radius 3 is 2.56 bits per heavy atom. The zero-order valence-electron chi connectivity index (χ0n) is 9.26. The second-order valence-corrected chi connectivity index (χ2v) is 4.01. The lowest BCUT2D eigenvalue weighted by atomic mass is 10.1. The standard InChI is InChI=1S/C11H12ClNO5/c12-6-1-2-8(14)7(5-6)10(11(17)18)13-4-3-9(15)16/h1-2,5,10,13-14H,3-4H2,(H,15,16)(H,17,18). The molecule has 1 atom stereocenters. The van der Waals surface area contributed by atoms with Crippen LogP contribution in [0.5, 0.6) is 5.75 Å². The minimum atomic E-state index is -1.22. The fourth-order valence-electron chi connectivity index (χ4n) is 1.41. The predicted octanol–water partition coefficient (Wildman–Crippen LogP) is 1.24. The molecule has 0 bridgehead atoms. The van der Waals surface area contributed by atoms with Crippen LogP contribution in [0.15, 0.2) is 18.2 Å². The summed E-state index contributed by atoms with van der Waals surface area (Å²) in [7, 11) is 0. The molecule has 0 radical (unpaired) electrons. The Bertz CT molecular complexity index is 463. The van der Waals surface area contributed by atoms with Crippen molar-refractivity contribution in [2.45, 2.75) is 12.5 Å². The third-order valence-electron chi connectivity index (χ3n) is 2.23. The fraction of sp³-hybridized carbons (Fsp3) is 0.273. The van der Waals surface area contributed by atoms with Crippen molar-refractivity contribution in [3.8, 4) is 5.75 Å². The molecule has 0 aliphatic heterocycles. The van der Waals surface area contributed by atoms with E-state index in [0.29, 0.717) is 0 Å². The van der Waals surface area contributed by atoms with Gasteiger partial charge in [0.1, 0.15) is 11.8 Å². The zero-order chi connectivity index (χ0) is 13.7.